The van der Waals surface area contributed by atoms with Crippen LogP contribution in [0.2, 0.25) is 0 Å². The minimum Gasteiger partial charge on any atom is -0.469 e. The standard InChI is InChI=1S/C40H54N4O7.C22H26N4O.C9H16O4/c1-39(2,3)32(23-36(48)50-7)38(49)43-44(24-29-16-18-30(19-17-29)33-15-11-12-20-41-33)25-35(47)31(21-28-13-9-8-10-14-28)22-34(46)37(40(4,5)6)42-26-51-27-45;23-20(14-17-6-2-1-3-7-17)22(27)16-26(24)15-18-9-11-19(12-10-18)21-8-4-5-13-25-21;1-7(2)4-8(13-6-10)5-9(11)12-3/h8-20,27,31-32,35,37,42,47H,21-26H2,1-7H3,(H,43,49);1-13,20,22,27H,14-16,23-24H2;6-8H,4-5H2,1-3H3/t31-,32-,35+,37-;20-,22-;8-/m101/s1. The van der Waals surface area contributed by atoms with Crippen LogP contribution in [0.25, 0.3) is 22.5 Å². The first-order valence-corrected chi connectivity index (χ1v) is 30.6. The minimum absolute atomic E-state index is 0.00450. The van der Waals surface area contributed by atoms with Gasteiger partial charge in [-0.3, -0.25) is 55.3 Å². The number of amides is 1. The lowest BCUT2D eigenvalue weighted by Crippen LogP contribution is -2.52. The number of pyridine rings is 2. The SMILES string of the molecule is COC(=O)C[C@@H](CC(C)C)OC=O.COC(=O)C[C@H](C(=O)NN(Cc1ccc(-c2ccccn2)cc1)C[C@H](O)[C@@H](CC(=O)[C@@H](NCOC=O)C(C)(C)C)Cc1ccccc1)C(C)(C)C.N[C@@H](Cc1ccccc1)[C@@H](O)CN(N)Cc1ccc(-c2ccccn2)cc1. The molecule has 20 nitrogen and oxygen atoms in total. The zero-order valence-electron chi connectivity index (χ0n) is 54.5. The van der Waals surface area contributed by atoms with Crippen LogP contribution in [0.1, 0.15) is 103 Å². The van der Waals surface area contributed by atoms with Gasteiger partial charge < -0.3 is 34.9 Å². The number of aliphatic hydroxyl groups is 2. The van der Waals surface area contributed by atoms with Gasteiger partial charge in [-0.15, -0.1) is 0 Å². The third-order valence-corrected chi connectivity index (χ3v) is 15.0. The van der Waals surface area contributed by atoms with Gasteiger partial charge in [0, 0.05) is 62.2 Å². The maximum atomic E-state index is 13.9. The summed E-state index contributed by atoms with van der Waals surface area (Å²) in [5.74, 6) is 3.86. The van der Waals surface area contributed by atoms with Crippen molar-refractivity contribution in [3.8, 4) is 22.5 Å². The number of hydrazine groups is 2. The average molecular weight is 1250 g/mol. The number of aliphatic hydroxyl groups excluding tert-OH is 2. The number of rotatable bonds is 33. The molecular weight excluding hydrogens is 1160 g/mol. The fraction of sp³-hybridized carbons (Fsp3) is 0.437. The lowest BCUT2D eigenvalue weighted by molar-refractivity contribution is -0.148. The Morgan fingerprint density at radius 3 is 1.57 bits per heavy atom. The molecule has 0 bridgehead atoms. The third-order valence-electron chi connectivity index (χ3n) is 15.0. The van der Waals surface area contributed by atoms with Crippen molar-refractivity contribution in [3.63, 3.8) is 0 Å². The van der Waals surface area contributed by atoms with E-state index in [0.29, 0.717) is 51.2 Å². The lowest BCUT2D eigenvalue weighted by Gasteiger charge is -2.35. The minimum atomic E-state index is -1.05. The van der Waals surface area contributed by atoms with Crippen LogP contribution >= 0.6 is 0 Å². The number of esters is 2. The number of benzene rings is 4. The van der Waals surface area contributed by atoms with Crippen molar-refractivity contribution in [3.05, 3.63) is 180 Å². The summed E-state index contributed by atoms with van der Waals surface area (Å²) < 4.78 is 19.0. The van der Waals surface area contributed by atoms with Gasteiger partial charge in [0.15, 0.2) is 5.78 Å². The predicted octanol–water partition coefficient (Wildman–Crippen LogP) is 8.61. The van der Waals surface area contributed by atoms with Gasteiger partial charge in [-0.2, -0.15) is 0 Å². The molecule has 91 heavy (non-hydrogen) atoms. The number of methoxy groups -OCH3 is 2. The van der Waals surface area contributed by atoms with E-state index in [1.54, 1.807) is 22.4 Å². The molecule has 0 saturated carbocycles. The van der Waals surface area contributed by atoms with Gasteiger partial charge >= 0.3 is 11.9 Å². The summed E-state index contributed by atoms with van der Waals surface area (Å²) in [6.07, 6.45) is 3.16. The number of nitrogens with one attached hydrogen (secondary N) is 2. The summed E-state index contributed by atoms with van der Waals surface area (Å²) in [7, 11) is 2.61. The molecule has 0 spiro atoms. The van der Waals surface area contributed by atoms with Gasteiger partial charge in [-0.1, -0.05) is 177 Å². The van der Waals surface area contributed by atoms with E-state index < -0.39 is 46.9 Å². The Balaban J connectivity index is 0.000000363. The number of carbonyl (C=O) groups excluding carboxylic acids is 6. The molecule has 492 valence electrons. The summed E-state index contributed by atoms with van der Waals surface area (Å²) in [5.41, 5.74) is 15.8. The molecule has 0 fully saturated rings. The van der Waals surface area contributed by atoms with E-state index in [0.717, 1.165) is 44.8 Å². The van der Waals surface area contributed by atoms with Crippen molar-refractivity contribution in [2.75, 3.05) is 34.0 Å². The number of hydrogen-bond acceptors (Lipinski definition) is 19. The quantitative estimate of drug-likeness (QED) is 0.00427. The molecule has 2 aromatic heterocycles. The highest BCUT2D eigenvalue weighted by atomic mass is 16.5. The fourth-order valence-electron chi connectivity index (χ4n) is 10.1. The van der Waals surface area contributed by atoms with E-state index in [1.165, 1.54) is 14.2 Å². The number of hydrogen-bond donors (Lipinski definition) is 6. The molecule has 8 N–H and O–H groups in total. The van der Waals surface area contributed by atoms with E-state index in [4.69, 9.17) is 25.8 Å². The summed E-state index contributed by atoms with van der Waals surface area (Å²) in [4.78, 5) is 80.6. The second-order valence-electron chi connectivity index (χ2n) is 25.1. The molecule has 0 aliphatic rings. The Morgan fingerprint density at radius 2 is 1.11 bits per heavy atom. The summed E-state index contributed by atoms with van der Waals surface area (Å²) in [6.45, 7) is 17.1. The Kier molecular flexibility index (Phi) is 32.5. The van der Waals surface area contributed by atoms with Gasteiger partial charge in [0.05, 0.1) is 62.6 Å². The lowest BCUT2D eigenvalue weighted by atomic mass is 9.78. The molecule has 4 aromatic carbocycles. The van der Waals surface area contributed by atoms with Crippen LogP contribution in [0, 0.1) is 28.6 Å². The zero-order valence-corrected chi connectivity index (χ0v) is 54.5. The Hall–Kier alpha value is -8.08. The molecule has 0 aliphatic heterocycles. The highest BCUT2D eigenvalue weighted by Gasteiger charge is 2.37. The smallest absolute Gasteiger partial charge is 0.309 e. The van der Waals surface area contributed by atoms with E-state index in [9.17, 15) is 39.0 Å². The molecule has 6 rings (SSSR count). The van der Waals surface area contributed by atoms with E-state index in [-0.39, 0.29) is 68.9 Å². The average Bonchev–Trinajstić information content (AvgIpc) is 3.28. The van der Waals surface area contributed by atoms with Crippen LogP contribution in [0.5, 0.6) is 0 Å². The van der Waals surface area contributed by atoms with Gasteiger partial charge in [0.2, 0.25) is 5.91 Å². The first-order chi connectivity index (χ1) is 43.3. The second kappa shape index (κ2) is 39.2. The first-order valence-electron chi connectivity index (χ1n) is 30.6. The Morgan fingerprint density at radius 1 is 0.604 bits per heavy atom. The molecule has 20 heteroatoms. The normalized spacial score (nSPS) is 13.7. The molecule has 0 radical (unpaired) electrons. The van der Waals surface area contributed by atoms with Crippen molar-refractivity contribution in [2.24, 2.45) is 40.2 Å². The van der Waals surface area contributed by atoms with Gasteiger partial charge in [-0.25, -0.2) is 10.0 Å². The molecule has 2 heterocycles. The monoisotopic (exact) mass is 1250 g/mol. The predicted molar refractivity (Wildman–Crippen MR) is 351 cm³/mol. The van der Waals surface area contributed by atoms with Crippen LogP contribution in [0.15, 0.2) is 158 Å². The van der Waals surface area contributed by atoms with Crippen LogP contribution in [-0.2, 0) is 73.6 Å². The molecule has 1 amide bonds. The number of aromatic nitrogens is 2. The Bertz CT molecular complexity index is 3060. The van der Waals surface area contributed by atoms with Crippen LogP contribution in [0.3, 0.4) is 0 Å². The molecule has 0 unspecified atom stereocenters. The first kappa shape index (κ1) is 75.4. The molecule has 0 aliphatic carbocycles. The number of ether oxygens (including phenoxy) is 4. The summed E-state index contributed by atoms with van der Waals surface area (Å²) >= 11 is 0. The number of carbonyl (C=O) groups is 6. The summed E-state index contributed by atoms with van der Waals surface area (Å²) in [6, 6.07) is 46.0. The molecular formula is C71H96N8O12. The van der Waals surface area contributed by atoms with E-state index >= 15 is 0 Å². The largest absolute Gasteiger partial charge is 0.469 e. The van der Waals surface area contributed by atoms with Crippen LogP contribution < -0.4 is 22.3 Å². The van der Waals surface area contributed by atoms with Crippen molar-refractivity contribution in [1.82, 2.24) is 30.7 Å². The Labute approximate surface area is 537 Å². The van der Waals surface area contributed by atoms with E-state index in [1.807, 2.05) is 201 Å². The maximum Gasteiger partial charge on any atom is 0.309 e. The topological polar surface area (TPSA) is 288 Å². The molecule has 6 aromatic rings. The number of nitrogens with two attached hydrogens (primary N) is 2. The number of ketones is 1. The van der Waals surface area contributed by atoms with Crippen molar-refractivity contribution in [1.29, 1.82) is 0 Å². The summed E-state index contributed by atoms with van der Waals surface area (Å²) in [5, 5.41) is 28.6. The van der Waals surface area contributed by atoms with Crippen LogP contribution in [-0.4, -0.2) is 131 Å². The number of nitrogens with zero attached hydrogens (tertiary/aromatic N) is 4. The highest BCUT2D eigenvalue weighted by Crippen LogP contribution is 2.31. The van der Waals surface area contributed by atoms with Crippen molar-refractivity contribution >= 4 is 36.6 Å². The highest BCUT2D eigenvalue weighted by molar-refractivity contribution is 5.85. The van der Waals surface area contributed by atoms with Crippen molar-refractivity contribution in [2.45, 2.75) is 137 Å². The number of Topliss-reactive ketones (excluding diaryl/α,β-unsaturated/α-hetero) is 1. The van der Waals surface area contributed by atoms with Gasteiger partial charge in [0.1, 0.15) is 12.8 Å². The molecule has 7 atom stereocenters. The third kappa shape index (κ3) is 28.3. The second-order valence-corrected chi connectivity index (χ2v) is 25.1. The van der Waals surface area contributed by atoms with Crippen molar-refractivity contribution < 1.29 is 57.9 Å². The van der Waals surface area contributed by atoms with E-state index in [2.05, 4.69) is 25.4 Å². The van der Waals surface area contributed by atoms with Gasteiger partial charge in [-0.05, 0) is 88.4 Å². The maximum absolute atomic E-state index is 13.9. The fourth-order valence-corrected chi connectivity index (χ4v) is 10.1. The van der Waals surface area contributed by atoms with Crippen LogP contribution in [0.4, 0.5) is 0 Å². The molecule has 0 saturated heterocycles. The van der Waals surface area contributed by atoms with Gasteiger partial charge in [0.25, 0.3) is 12.9 Å². The zero-order chi connectivity index (χ0) is 66.9.